The zero-order valence-electron chi connectivity index (χ0n) is 17.7. The van der Waals surface area contributed by atoms with Gasteiger partial charge in [-0.3, -0.25) is 14.9 Å². The van der Waals surface area contributed by atoms with Gasteiger partial charge in [-0.25, -0.2) is 4.39 Å². The third-order valence-corrected chi connectivity index (χ3v) is 8.07. The Balaban J connectivity index is 1.25. The number of carbonyl (C=O) groups excluding carboxylic acids is 2. The Kier molecular flexibility index (Phi) is 7.08. The molecule has 1 heterocycles. The number of amides is 2. The van der Waals surface area contributed by atoms with Gasteiger partial charge in [0.1, 0.15) is 12.8 Å². The number of aliphatic hydroxyl groups is 1. The molecule has 5 atom stereocenters. The van der Waals surface area contributed by atoms with Crippen molar-refractivity contribution in [1.82, 2.24) is 16.0 Å². The molecular formula is C21H33ClFN3O5. The van der Waals surface area contributed by atoms with Crippen molar-refractivity contribution >= 4 is 23.4 Å². The van der Waals surface area contributed by atoms with Gasteiger partial charge in [0.15, 0.2) is 0 Å². The molecule has 0 aromatic carbocycles. The van der Waals surface area contributed by atoms with Gasteiger partial charge in [-0.2, -0.15) is 0 Å². The summed E-state index contributed by atoms with van der Waals surface area (Å²) in [6.45, 7) is 1.39. The van der Waals surface area contributed by atoms with Crippen molar-refractivity contribution in [3.05, 3.63) is 0 Å². The van der Waals surface area contributed by atoms with E-state index in [1.54, 1.807) is 0 Å². The molecule has 1 aliphatic heterocycles. The monoisotopic (exact) mass is 461 g/mol. The Labute approximate surface area is 186 Å². The van der Waals surface area contributed by atoms with E-state index in [9.17, 15) is 19.1 Å². The van der Waals surface area contributed by atoms with E-state index in [-0.39, 0.29) is 37.0 Å². The van der Waals surface area contributed by atoms with Gasteiger partial charge in [-0.15, -0.1) is 11.6 Å². The summed E-state index contributed by atoms with van der Waals surface area (Å²) in [6, 6.07) is 0.0928. The lowest BCUT2D eigenvalue weighted by atomic mass is 9.55. The number of alkyl halides is 2. The maximum atomic E-state index is 13.7. The molecule has 4 N–H and O–H groups in total. The summed E-state index contributed by atoms with van der Waals surface area (Å²) in [5, 5.41) is 19.5. The van der Waals surface area contributed by atoms with E-state index in [1.165, 1.54) is 0 Å². The van der Waals surface area contributed by atoms with E-state index >= 15 is 0 Å². The average Bonchev–Trinajstić information content (AvgIpc) is 3.27. The van der Waals surface area contributed by atoms with E-state index in [0.29, 0.717) is 64.8 Å². The Hall–Kier alpha value is -1.00. The number of aliphatic hydroxyl groups excluding tert-OH is 1. The van der Waals surface area contributed by atoms with E-state index in [1.807, 2.05) is 0 Å². The molecule has 4 aliphatic carbocycles. The smallest absolute Gasteiger partial charge is 0.246 e. The zero-order chi connectivity index (χ0) is 22.1. The lowest BCUT2D eigenvalue weighted by Crippen LogP contribution is -2.66. The molecule has 0 spiro atoms. The van der Waals surface area contributed by atoms with Crippen LogP contribution < -0.4 is 16.0 Å². The third-order valence-electron chi connectivity index (χ3n) is 7.58. The first-order chi connectivity index (χ1) is 14.8. The highest BCUT2D eigenvalue weighted by Crippen LogP contribution is 2.52. The lowest BCUT2D eigenvalue weighted by Gasteiger charge is -2.55. The number of fused-ring (bicyclic) bond motifs is 3. The molecule has 176 valence electrons. The Morgan fingerprint density at radius 3 is 2.68 bits per heavy atom. The summed E-state index contributed by atoms with van der Waals surface area (Å²) < 4.78 is 24.6. The highest BCUT2D eigenvalue weighted by Gasteiger charge is 2.58. The Bertz CT molecular complexity index is 669. The predicted molar refractivity (Wildman–Crippen MR) is 111 cm³/mol. The molecule has 10 heteroatoms. The van der Waals surface area contributed by atoms with Gasteiger partial charge in [0.05, 0.1) is 36.3 Å². The van der Waals surface area contributed by atoms with Crippen LogP contribution in [0.3, 0.4) is 0 Å². The Morgan fingerprint density at radius 1 is 1.26 bits per heavy atom. The second kappa shape index (κ2) is 9.47. The van der Waals surface area contributed by atoms with Crippen LogP contribution in [-0.2, 0) is 19.1 Å². The number of hydrogen-bond donors (Lipinski definition) is 4. The van der Waals surface area contributed by atoms with Gasteiger partial charge in [0.25, 0.3) is 0 Å². The molecule has 5 aliphatic rings. The van der Waals surface area contributed by atoms with Gasteiger partial charge in [-0.1, -0.05) is 0 Å². The molecule has 5 fully saturated rings. The van der Waals surface area contributed by atoms with Crippen molar-refractivity contribution < 1.29 is 28.6 Å². The van der Waals surface area contributed by atoms with Gasteiger partial charge in [0, 0.05) is 24.5 Å². The van der Waals surface area contributed by atoms with Crippen LogP contribution in [0.15, 0.2) is 0 Å². The maximum absolute atomic E-state index is 13.7. The molecule has 0 aromatic rings. The molecule has 2 amide bonds. The topological polar surface area (TPSA) is 109 Å². The van der Waals surface area contributed by atoms with Crippen LogP contribution in [0.25, 0.3) is 0 Å². The summed E-state index contributed by atoms with van der Waals surface area (Å²) in [7, 11) is 0. The van der Waals surface area contributed by atoms with Crippen LogP contribution in [0.4, 0.5) is 4.39 Å². The first kappa shape index (κ1) is 23.2. The van der Waals surface area contributed by atoms with Crippen LogP contribution in [0, 0.1) is 5.41 Å². The minimum Gasteiger partial charge on any atom is -0.392 e. The maximum Gasteiger partial charge on any atom is 0.246 e. The number of ether oxygens (including phenoxy) is 2. The molecule has 8 nitrogen and oxygen atoms in total. The normalized spacial score (nSPS) is 42.4. The zero-order valence-corrected chi connectivity index (χ0v) is 18.5. The quantitative estimate of drug-likeness (QED) is 0.416. The van der Waals surface area contributed by atoms with Crippen LogP contribution in [0.2, 0.25) is 0 Å². The van der Waals surface area contributed by atoms with Gasteiger partial charge < -0.3 is 25.2 Å². The minimum absolute atomic E-state index is 0.0928. The van der Waals surface area contributed by atoms with Crippen LogP contribution in [0.5, 0.6) is 0 Å². The average molecular weight is 462 g/mol. The first-order valence-electron chi connectivity index (χ1n) is 11.3. The highest BCUT2D eigenvalue weighted by atomic mass is 35.5. The summed E-state index contributed by atoms with van der Waals surface area (Å²) in [6.07, 6.45) is 1.86. The molecular weight excluding hydrogens is 429 g/mol. The predicted octanol–water partition coefficient (Wildman–Crippen LogP) is 0.743. The van der Waals surface area contributed by atoms with Gasteiger partial charge in [0.2, 0.25) is 11.8 Å². The molecule has 1 saturated heterocycles. The minimum atomic E-state index is -1.11. The van der Waals surface area contributed by atoms with E-state index in [0.717, 1.165) is 0 Å². The van der Waals surface area contributed by atoms with Crippen molar-refractivity contribution in [3.63, 3.8) is 0 Å². The molecule has 5 rings (SSSR count). The molecule has 2 bridgehead atoms. The fraction of sp³-hybridized carbons (Fsp3) is 0.905. The highest BCUT2D eigenvalue weighted by molar-refractivity contribution is 6.21. The van der Waals surface area contributed by atoms with Crippen LogP contribution in [0.1, 0.15) is 51.4 Å². The van der Waals surface area contributed by atoms with Crippen molar-refractivity contribution in [1.29, 1.82) is 0 Å². The molecule has 0 radical (unpaired) electrons. The molecule has 4 saturated carbocycles. The van der Waals surface area contributed by atoms with Crippen molar-refractivity contribution in [2.45, 2.75) is 86.7 Å². The van der Waals surface area contributed by atoms with E-state index in [2.05, 4.69) is 16.0 Å². The second-order valence-electron chi connectivity index (χ2n) is 9.61. The summed E-state index contributed by atoms with van der Waals surface area (Å²) in [5.41, 5.74) is -1.31. The van der Waals surface area contributed by atoms with Gasteiger partial charge >= 0.3 is 0 Å². The summed E-state index contributed by atoms with van der Waals surface area (Å²) >= 11 is 5.89. The standard InChI is InChI=1S/C21H33ClFN3O5/c22-15-2-1-14(7-16(15)23)31-11-18(28)26-20-3-5-21(6-4-20,17(27)8-20)19(29)24-9-13-10-30-12-25-13/h13-17,25,27H,1-12H2,(H,24,29)(H,26,28). The molecule has 31 heavy (non-hydrogen) atoms. The van der Waals surface area contributed by atoms with Crippen LogP contribution in [-0.4, -0.2) is 78.7 Å². The number of halogens is 2. The Morgan fingerprint density at radius 2 is 2.03 bits per heavy atom. The molecule has 0 aromatic heterocycles. The van der Waals surface area contributed by atoms with E-state index in [4.69, 9.17) is 21.1 Å². The van der Waals surface area contributed by atoms with Crippen molar-refractivity contribution in [2.75, 3.05) is 26.5 Å². The first-order valence-corrected chi connectivity index (χ1v) is 11.7. The van der Waals surface area contributed by atoms with Crippen molar-refractivity contribution in [3.8, 4) is 0 Å². The number of rotatable bonds is 7. The SMILES string of the molecule is O=C(COC1CCC(Cl)C(F)C1)NC12CCC(C(=O)NCC3COCN3)(CC1)C(O)C2. The lowest BCUT2D eigenvalue weighted by molar-refractivity contribution is -0.156. The van der Waals surface area contributed by atoms with Crippen LogP contribution >= 0.6 is 11.6 Å². The van der Waals surface area contributed by atoms with E-state index < -0.39 is 28.6 Å². The second-order valence-corrected chi connectivity index (χ2v) is 10.2. The van der Waals surface area contributed by atoms with Crippen molar-refractivity contribution in [2.24, 2.45) is 5.41 Å². The fourth-order valence-corrected chi connectivity index (χ4v) is 5.74. The molecule has 5 unspecified atom stereocenters. The largest absolute Gasteiger partial charge is 0.392 e. The number of carbonyl (C=O) groups is 2. The number of hydrogen-bond acceptors (Lipinski definition) is 6. The van der Waals surface area contributed by atoms with Gasteiger partial charge in [-0.05, 0) is 44.9 Å². The number of nitrogens with one attached hydrogen (secondary N) is 3. The summed E-state index contributed by atoms with van der Waals surface area (Å²) in [4.78, 5) is 25.4. The fourth-order valence-electron chi connectivity index (χ4n) is 5.51. The summed E-state index contributed by atoms with van der Waals surface area (Å²) in [5.74, 6) is -0.380. The third kappa shape index (κ3) is 5.00.